The zero-order valence-electron chi connectivity index (χ0n) is 14.5. The maximum Gasteiger partial charge on any atom is 0.354 e. The molecule has 1 aliphatic rings. The maximum atomic E-state index is 12.5. The molecule has 0 aliphatic carbocycles. The minimum atomic E-state index is -3.45. The molecular formula is C18H19N3O5S. The van der Waals surface area contributed by atoms with Gasteiger partial charge in [-0.2, -0.15) is 4.31 Å². The van der Waals surface area contributed by atoms with E-state index in [0.717, 1.165) is 18.4 Å². The molecule has 1 saturated heterocycles. The van der Waals surface area contributed by atoms with Gasteiger partial charge in [-0.25, -0.2) is 18.2 Å². The Kier molecular flexibility index (Phi) is 5.52. The van der Waals surface area contributed by atoms with Crippen molar-refractivity contribution in [2.24, 2.45) is 0 Å². The van der Waals surface area contributed by atoms with E-state index in [1.807, 2.05) is 0 Å². The van der Waals surface area contributed by atoms with E-state index in [0.29, 0.717) is 13.1 Å². The van der Waals surface area contributed by atoms with Crippen molar-refractivity contribution >= 4 is 21.9 Å². The first-order valence-electron chi connectivity index (χ1n) is 8.44. The number of amides is 1. The zero-order chi connectivity index (χ0) is 19.4. The van der Waals surface area contributed by atoms with Gasteiger partial charge in [-0.05, 0) is 42.7 Å². The molecule has 8 nitrogen and oxygen atoms in total. The highest BCUT2D eigenvalue weighted by Crippen LogP contribution is 2.21. The minimum absolute atomic E-state index is 0.138. The standard InChI is InChI=1S/C18H19N3O5S/c22-17(14-5-8-16(18(23)24)19-12-14)20-11-13-3-6-15(7-4-13)27(25,26)21-9-1-2-10-21/h3-8,12H,1-2,9-11H2,(H,20,22)(H,23,24). The van der Waals surface area contributed by atoms with Crippen LogP contribution in [0.5, 0.6) is 0 Å². The Balaban J connectivity index is 1.61. The number of benzene rings is 1. The fraction of sp³-hybridized carbons (Fsp3) is 0.278. The second-order valence-corrected chi connectivity index (χ2v) is 8.11. The van der Waals surface area contributed by atoms with Gasteiger partial charge < -0.3 is 10.4 Å². The van der Waals surface area contributed by atoms with Crippen molar-refractivity contribution in [2.45, 2.75) is 24.3 Å². The first-order valence-corrected chi connectivity index (χ1v) is 9.88. The number of sulfonamides is 1. The summed E-state index contributed by atoms with van der Waals surface area (Å²) < 4.78 is 26.4. The summed E-state index contributed by atoms with van der Waals surface area (Å²) in [5, 5.41) is 11.5. The molecular weight excluding hydrogens is 370 g/mol. The molecule has 2 aromatic rings. The fourth-order valence-corrected chi connectivity index (χ4v) is 4.31. The van der Waals surface area contributed by atoms with E-state index in [9.17, 15) is 18.0 Å². The predicted octanol–water partition coefficient (Wildman–Crippen LogP) is 1.49. The summed E-state index contributed by atoms with van der Waals surface area (Å²) in [5.41, 5.74) is 0.855. The van der Waals surface area contributed by atoms with Crippen LogP contribution >= 0.6 is 0 Å². The molecule has 1 aliphatic heterocycles. The number of carboxylic acid groups (broad SMARTS) is 1. The molecule has 0 bridgehead atoms. The quantitative estimate of drug-likeness (QED) is 0.773. The van der Waals surface area contributed by atoms with Crippen molar-refractivity contribution in [1.82, 2.24) is 14.6 Å². The van der Waals surface area contributed by atoms with E-state index in [-0.39, 0.29) is 22.7 Å². The number of hydrogen-bond acceptors (Lipinski definition) is 5. The lowest BCUT2D eigenvalue weighted by Crippen LogP contribution is -2.28. The number of hydrogen-bond donors (Lipinski definition) is 2. The second kappa shape index (κ2) is 7.85. The molecule has 1 amide bonds. The highest BCUT2D eigenvalue weighted by atomic mass is 32.2. The van der Waals surface area contributed by atoms with Crippen LogP contribution in [-0.4, -0.2) is 47.8 Å². The van der Waals surface area contributed by atoms with E-state index >= 15 is 0 Å². The largest absolute Gasteiger partial charge is 0.477 e. The number of aromatic carboxylic acids is 1. The first kappa shape index (κ1) is 19.0. The number of rotatable bonds is 6. The minimum Gasteiger partial charge on any atom is -0.477 e. The lowest BCUT2D eigenvalue weighted by molar-refractivity contribution is 0.0689. The van der Waals surface area contributed by atoms with E-state index in [1.165, 1.54) is 22.6 Å². The van der Waals surface area contributed by atoms with Gasteiger partial charge in [0.05, 0.1) is 10.5 Å². The second-order valence-electron chi connectivity index (χ2n) is 6.18. The highest BCUT2D eigenvalue weighted by Gasteiger charge is 2.26. The molecule has 27 heavy (non-hydrogen) atoms. The molecule has 1 aromatic heterocycles. The molecule has 0 spiro atoms. The van der Waals surface area contributed by atoms with E-state index < -0.39 is 21.9 Å². The van der Waals surface area contributed by atoms with Crippen LogP contribution in [-0.2, 0) is 16.6 Å². The fourth-order valence-electron chi connectivity index (χ4n) is 2.80. The molecule has 2 heterocycles. The third kappa shape index (κ3) is 4.32. The zero-order valence-corrected chi connectivity index (χ0v) is 15.3. The Labute approximate surface area is 156 Å². The van der Waals surface area contributed by atoms with Crippen LogP contribution in [0.4, 0.5) is 0 Å². The van der Waals surface area contributed by atoms with Crippen LogP contribution < -0.4 is 5.32 Å². The van der Waals surface area contributed by atoms with E-state index in [1.54, 1.807) is 24.3 Å². The third-order valence-corrected chi connectivity index (χ3v) is 6.24. The Hall–Kier alpha value is -2.78. The van der Waals surface area contributed by atoms with Crippen LogP contribution in [0.2, 0.25) is 0 Å². The Morgan fingerprint density at radius 2 is 1.74 bits per heavy atom. The molecule has 0 radical (unpaired) electrons. The maximum absolute atomic E-state index is 12.5. The molecule has 0 saturated carbocycles. The Morgan fingerprint density at radius 1 is 1.07 bits per heavy atom. The van der Waals surface area contributed by atoms with Crippen molar-refractivity contribution < 1.29 is 23.1 Å². The summed E-state index contributed by atoms with van der Waals surface area (Å²) in [4.78, 5) is 26.8. The molecule has 0 unspecified atom stereocenters. The SMILES string of the molecule is O=C(NCc1ccc(S(=O)(=O)N2CCCC2)cc1)c1ccc(C(=O)O)nc1. The van der Waals surface area contributed by atoms with E-state index in [2.05, 4.69) is 10.3 Å². The van der Waals surface area contributed by atoms with Crippen molar-refractivity contribution in [1.29, 1.82) is 0 Å². The summed E-state index contributed by atoms with van der Waals surface area (Å²) in [6, 6.07) is 9.05. The lowest BCUT2D eigenvalue weighted by Gasteiger charge is -2.15. The van der Waals surface area contributed by atoms with Crippen molar-refractivity contribution in [2.75, 3.05) is 13.1 Å². The topological polar surface area (TPSA) is 117 Å². The number of nitrogens with one attached hydrogen (secondary N) is 1. The molecule has 3 rings (SSSR count). The monoisotopic (exact) mass is 389 g/mol. The van der Waals surface area contributed by atoms with Gasteiger partial charge in [0, 0.05) is 25.8 Å². The first-order chi connectivity index (χ1) is 12.9. The van der Waals surface area contributed by atoms with Gasteiger partial charge in [0.2, 0.25) is 10.0 Å². The summed E-state index contributed by atoms with van der Waals surface area (Å²) in [5.74, 6) is -1.56. The van der Waals surface area contributed by atoms with Crippen LogP contribution in [0.3, 0.4) is 0 Å². The number of aromatic nitrogens is 1. The molecule has 2 N–H and O–H groups in total. The van der Waals surface area contributed by atoms with Gasteiger partial charge >= 0.3 is 5.97 Å². The number of pyridine rings is 1. The summed E-state index contributed by atoms with van der Waals surface area (Å²) in [6.07, 6.45) is 2.96. The molecule has 0 atom stereocenters. The Bertz CT molecular complexity index is 934. The van der Waals surface area contributed by atoms with Crippen molar-refractivity contribution in [3.63, 3.8) is 0 Å². The summed E-state index contributed by atoms with van der Waals surface area (Å²) >= 11 is 0. The van der Waals surface area contributed by atoms with Gasteiger partial charge in [0.25, 0.3) is 5.91 Å². The summed E-state index contributed by atoms with van der Waals surface area (Å²) in [6.45, 7) is 1.31. The smallest absolute Gasteiger partial charge is 0.354 e. The van der Waals surface area contributed by atoms with Crippen LogP contribution in [0.1, 0.15) is 39.3 Å². The number of carbonyl (C=O) groups excluding carboxylic acids is 1. The van der Waals surface area contributed by atoms with Crippen LogP contribution in [0, 0.1) is 0 Å². The van der Waals surface area contributed by atoms with Crippen molar-refractivity contribution in [3.8, 4) is 0 Å². The average Bonchev–Trinajstić information content (AvgIpc) is 3.22. The Morgan fingerprint density at radius 3 is 2.30 bits per heavy atom. The van der Waals surface area contributed by atoms with Crippen LogP contribution in [0.15, 0.2) is 47.5 Å². The number of nitrogens with zero attached hydrogens (tertiary/aromatic N) is 2. The highest BCUT2D eigenvalue weighted by molar-refractivity contribution is 7.89. The molecule has 1 aromatic carbocycles. The van der Waals surface area contributed by atoms with Gasteiger partial charge in [-0.15, -0.1) is 0 Å². The van der Waals surface area contributed by atoms with Gasteiger partial charge in [-0.1, -0.05) is 12.1 Å². The van der Waals surface area contributed by atoms with Gasteiger partial charge in [0.15, 0.2) is 0 Å². The van der Waals surface area contributed by atoms with Crippen LogP contribution in [0.25, 0.3) is 0 Å². The number of carbonyl (C=O) groups is 2. The van der Waals surface area contributed by atoms with Gasteiger partial charge in [0.1, 0.15) is 5.69 Å². The number of carboxylic acids is 1. The predicted molar refractivity (Wildman–Crippen MR) is 96.8 cm³/mol. The average molecular weight is 389 g/mol. The lowest BCUT2D eigenvalue weighted by atomic mass is 10.2. The third-order valence-electron chi connectivity index (χ3n) is 4.32. The molecule has 142 valence electrons. The van der Waals surface area contributed by atoms with E-state index in [4.69, 9.17) is 5.11 Å². The van der Waals surface area contributed by atoms with Gasteiger partial charge in [-0.3, -0.25) is 4.79 Å². The normalized spacial score (nSPS) is 14.8. The molecule has 1 fully saturated rings. The summed E-state index contributed by atoms with van der Waals surface area (Å²) in [7, 11) is -3.45. The van der Waals surface area contributed by atoms with Crippen molar-refractivity contribution in [3.05, 3.63) is 59.4 Å². The molecule has 9 heteroatoms.